The highest BCUT2D eigenvalue weighted by molar-refractivity contribution is 8.19. The Morgan fingerprint density at radius 1 is 1.10 bits per heavy atom. The van der Waals surface area contributed by atoms with Crippen molar-refractivity contribution in [3.63, 3.8) is 0 Å². The second-order valence-corrected chi connectivity index (χ2v) is 8.76. The van der Waals surface area contributed by atoms with Crippen molar-refractivity contribution in [1.82, 2.24) is 5.32 Å². The largest absolute Gasteiger partial charge is 0.349 e. The molecule has 1 aliphatic carbocycles. The summed E-state index contributed by atoms with van der Waals surface area (Å²) in [5, 5.41) is 3.22. The molecule has 1 heterocycles. The molecule has 1 aromatic carbocycles. The predicted octanol–water partition coefficient (Wildman–Crippen LogP) is 4.47. The fourth-order valence-electron chi connectivity index (χ4n) is 3.12. The molecule has 4 heteroatoms. The first-order valence-electron chi connectivity index (χ1n) is 7.88. The number of carbonyl (C=O) groups excluding carboxylic acids is 1. The first kappa shape index (κ1) is 15.3. The summed E-state index contributed by atoms with van der Waals surface area (Å²) in [5.74, 6) is 3.16. The Morgan fingerprint density at radius 2 is 1.76 bits per heavy atom. The molecule has 1 saturated carbocycles. The molecule has 1 aliphatic heterocycles. The van der Waals surface area contributed by atoms with E-state index in [-0.39, 0.29) is 5.91 Å². The van der Waals surface area contributed by atoms with Gasteiger partial charge < -0.3 is 5.32 Å². The first-order chi connectivity index (χ1) is 10.2. The summed E-state index contributed by atoms with van der Waals surface area (Å²) in [5.41, 5.74) is 2.13. The zero-order valence-corrected chi connectivity index (χ0v) is 14.1. The van der Waals surface area contributed by atoms with Crippen LogP contribution in [0.2, 0.25) is 0 Å². The Morgan fingerprint density at radius 3 is 2.43 bits per heavy atom. The Bertz CT molecular complexity index is 482. The maximum Gasteiger partial charge on any atom is 0.251 e. The molecule has 0 bridgehead atoms. The molecule has 0 aromatic heterocycles. The van der Waals surface area contributed by atoms with E-state index in [1.807, 2.05) is 35.7 Å². The van der Waals surface area contributed by atoms with E-state index in [4.69, 9.17) is 0 Å². The summed E-state index contributed by atoms with van der Waals surface area (Å²) in [6.45, 7) is 2.25. The lowest BCUT2D eigenvalue weighted by molar-refractivity contribution is 0.0910. The van der Waals surface area contributed by atoms with Gasteiger partial charge in [0.05, 0.1) is 4.58 Å². The standard InChI is InChI=1S/C17H23NOS2/c1-12-4-2-3-5-15(12)18-16(19)13-6-8-14(9-7-13)17-20-10-11-21-17/h6-9,12,15,17H,2-5,10-11H2,1H3,(H,18,19). The number of hydrogen-bond acceptors (Lipinski definition) is 3. The second-order valence-electron chi connectivity index (χ2n) is 6.04. The van der Waals surface area contributed by atoms with Crippen molar-refractivity contribution < 1.29 is 4.79 Å². The van der Waals surface area contributed by atoms with Gasteiger partial charge in [0.1, 0.15) is 0 Å². The second kappa shape index (κ2) is 7.10. The van der Waals surface area contributed by atoms with E-state index in [2.05, 4.69) is 24.4 Å². The van der Waals surface area contributed by atoms with E-state index in [1.54, 1.807) is 0 Å². The quantitative estimate of drug-likeness (QED) is 0.890. The van der Waals surface area contributed by atoms with Gasteiger partial charge in [0.15, 0.2) is 0 Å². The molecule has 0 radical (unpaired) electrons. The van der Waals surface area contributed by atoms with Gasteiger partial charge >= 0.3 is 0 Å². The number of nitrogens with one attached hydrogen (secondary N) is 1. The van der Waals surface area contributed by atoms with Crippen LogP contribution in [0.1, 0.15) is 53.1 Å². The molecule has 3 rings (SSSR count). The number of benzene rings is 1. The fraction of sp³-hybridized carbons (Fsp3) is 0.588. The maximum absolute atomic E-state index is 12.4. The van der Waals surface area contributed by atoms with Crippen LogP contribution in [0.3, 0.4) is 0 Å². The third kappa shape index (κ3) is 3.78. The van der Waals surface area contributed by atoms with E-state index >= 15 is 0 Å². The smallest absolute Gasteiger partial charge is 0.251 e. The van der Waals surface area contributed by atoms with Crippen LogP contribution in [-0.4, -0.2) is 23.5 Å². The van der Waals surface area contributed by atoms with Crippen molar-refractivity contribution in [1.29, 1.82) is 0 Å². The van der Waals surface area contributed by atoms with Crippen LogP contribution in [0.5, 0.6) is 0 Å². The van der Waals surface area contributed by atoms with Crippen LogP contribution in [0.15, 0.2) is 24.3 Å². The van der Waals surface area contributed by atoms with Crippen LogP contribution in [0.25, 0.3) is 0 Å². The van der Waals surface area contributed by atoms with Crippen molar-refractivity contribution in [3.8, 4) is 0 Å². The molecule has 2 fully saturated rings. The van der Waals surface area contributed by atoms with Crippen LogP contribution in [-0.2, 0) is 0 Å². The van der Waals surface area contributed by atoms with E-state index in [9.17, 15) is 4.79 Å². The molecule has 2 nitrogen and oxygen atoms in total. The minimum absolute atomic E-state index is 0.0898. The minimum atomic E-state index is 0.0898. The average Bonchev–Trinajstić information content (AvgIpc) is 3.04. The Balaban J connectivity index is 1.61. The molecular weight excluding hydrogens is 298 g/mol. The molecule has 1 saturated heterocycles. The number of amides is 1. The third-order valence-electron chi connectivity index (χ3n) is 4.49. The number of hydrogen-bond donors (Lipinski definition) is 1. The lowest BCUT2D eigenvalue weighted by Gasteiger charge is -2.29. The van der Waals surface area contributed by atoms with Crippen LogP contribution in [0.4, 0.5) is 0 Å². The normalized spacial score (nSPS) is 26.7. The Hall–Kier alpha value is -0.610. The molecular formula is C17H23NOS2. The minimum Gasteiger partial charge on any atom is -0.349 e. The van der Waals surface area contributed by atoms with E-state index in [0.717, 1.165) is 12.0 Å². The topological polar surface area (TPSA) is 29.1 Å². The molecule has 2 aliphatic rings. The Kier molecular flexibility index (Phi) is 5.17. The Labute approximate surface area is 135 Å². The van der Waals surface area contributed by atoms with Gasteiger partial charge in [-0.1, -0.05) is 31.9 Å². The lowest BCUT2D eigenvalue weighted by Crippen LogP contribution is -2.41. The first-order valence-corrected chi connectivity index (χ1v) is 9.98. The molecule has 1 aromatic rings. The van der Waals surface area contributed by atoms with Crippen molar-refractivity contribution in [2.45, 2.75) is 43.2 Å². The molecule has 0 spiro atoms. The maximum atomic E-state index is 12.4. The number of carbonyl (C=O) groups is 1. The lowest BCUT2D eigenvalue weighted by atomic mass is 9.86. The van der Waals surface area contributed by atoms with Crippen molar-refractivity contribution in [3.05, 3.63) is 35.4 Å². The van der Waals surface area contributed by atoms with Crippen molar-refractivity contribution in [2.75, 3.05) is 11.5 Å². The zero-order valence-electron chi connectivity index (χ0n) is 12.5. The van der Waals surface area contributed by atoms with E-state index in [0.29, 0.717) is 16.5 Å². The van der Waals surface area contributed by atoms with Crippen LogP contribution < -0.4 is 5.32 Å². The van der Waals surface area contributed by atoms with Gasteiger partial charge in [0, 0.05) is 23.1 Å². The van der Waals surface area contributed by atoms with Crippen LogP contribution >= 0.6 is 23.5 Å². The van der Waals surface area contributed by atoms with Gasteiger partial charge in [-0.05, 0) is 36.5 Å². The van der Waals surface area contributed by atoms with Gasteiger partial charge in [-0.25, -0.2) is 0 Å². The molecule has 1 amide bonds. The zero-order chi connectivity index (χ0) is 14.7. The molecule has 1 N–H and O–H groups in total. The molecule has 2 unspecified atom stereocenters. The third-order valence-corrected chi connectivity index (χ3v) is 7.60. The highest BCUT2D eigenvalue weighted by atomic mass is 32.2. The average molecular weight is 322 g/mol. The summed E-state index contributed by atoms with van der Waals surface area (Å²) in [7, 11) is 0. The van der Waals surface area contributed by atoms with Crippen molar-refractivity contribution in [2.24, 2.45) is 5.92 Å². The van der Waals surface area contributed by atoms with Gasteiger partial charge in [0.2, 0.25) is 0 Å². The van der Waals surface area contributed by atoms with Crippen molar-refractivity contribution >= 4 is 29.4 Å². The highest BCUT2D eigenvalue weighted by Crippen LogP contribution is 2.45. The number of rotatable bonds is 3. The molecule has 2 atom stereocenters. The number of thioether (sulfide) groups is 2. The van der Waals surface area contributed by atoms with E-state index in [1.165, 1.54) is 36.3 Å². The van der Waals surface area contributed by atoms with Gasteiger partial charge in [-0.2, -0.15) is 0 Å². The summed E-state index contributed by atoms with van der Waals surface area (Å²) >= 11 is 4.00. The summed E-state index contributed by atoms with van der Waals surface area (Å²) in [6, 6.07) is 8.56. The van der Waals surface area contributed by atoms with E-state index < -0.39 is 0 Å². The van der Waals surface area contributed by atoms with Crippen LogP contribution in [0, 0.1) is 5.92 Å². The van der Waals surface area contributed by atoms with Gasteiger partial charge in [-0.3, -0.25) is 4.79 Å². The summed E-state index contributed by atoms with van der Waals surface area (Å²) in [4.78, 5) is 12.4. The monoisotopic (exact) mass is 321 g/mol. The SMILES string of the molecule is CC1CCCCC1NC(=O)c1ccc(C2SCCS2)cc1. The predicted molar refractivity (Wildman–Crippen MR) is 93.0 cm³/mol. The molecule has 114 valence electrons. The summed E-state index contributed by atoms with van der Waals surface area (Å²) < 4.78 is 0.556. The highest BCUT2D eigenvalue weighted by Gasteiger charge is 2.23. The fourth-order valence-corrected chi connectivity index (χ4v) is 5.98. The summed E-state index contributed by atoms with van der Waals surface area (Å²) in [6.07, 6.45) is 4.91. The van der Waals surface area contributed by atoms with Gasteiger partial charge in [0.25, 0.3) is 5.91 Å². The molecule has 21 heavy (non-hydrogen) atoms. The van der Waals surface area contributed by atoms with Gasteiger partial charge in [-0.15, -0.1) is 23.5 Å².